The number of nitrogens with zero attached hydrogens (tertiary/aromatic N) is 3. The second-order valence-corrected chi connectivity index (χ2v) is 5.85. The van der Waals surface area contributed by atoms with E-state index >= 15 is 0 Å². The van der Waals surface area contributed by atoms with Gasteiger partial charge < -0.3 is 9.80 Å². The SMILES string of the molecule is CCN(C(=O)CC(C#N)c1ccc(N(C)C)cc1)c1ccccc1. The fraction of sp³-hybridized carbons (Fsp3) is 0.300. The Bertz CT molecular complexity index is 702. The van der Waals surface area contributed by atoms with E-state index in [2.05, 4.69) is 6.07 Å². The van der Waals surface area contributed by atoms with Crippen molar-refractivity contribution in [2.24, 2.45) is 0 Å². The van der Waals surface area contributed by atoms with Crippen LogP contribution in [0.4, 0.5) is 11.4 Å². The summed E-state index contributed by atoms with van der Waals surface area (Å²) in [5.41, 5.74) is 2.81. The first-order valence-electron chi connectivity index (χ1n) is 8.09. The lowest BCUT2D eigenvalue weighted by molar-refractivity contribution is -0.118. The van der Waals surface area contributed by atoms with Crippen molar-refractivity contribution in [3.8, 4) is 6.07 Å². The van der Waals surface area contributed by atoms with Gasteiger partial charge in [-0.2, -0.15) is 5.26 Å². The van der Waals surface area contributed by atoms with Crippen LogP contribution in [0.5, 0.6) is 0 Å². The van der Waals surface area contributed by atoms with E-state index in [0.29, 0.717) is 6.54 Å². The maximum absolute atomic E-state index is 12.7. The van der Waals surface area contributed by atoms with Crippen molar-refractivity contribution in [3.05, 3.63) is 60.2 Å². The Kier molecular flexibility index (Phi) is 5.97. The molecule has 2 aromatic carbocycles. The number of rotatable bonds is 6. The number of hydrogen-bond acceptors (Lipinski definition) is 3. The predicted molar refractivity (Wildman–Crippen MR) is 98.2 cm³/mol. The van der Waals surface area contributed by atoms with Crippen molar-refractivity contribution in [1.82, 2.24) is 0 Å². The van der Waals surface area contributed by atoms with Crippen molar-refractivity contribution in [2.45, 2.75) is 19.3 Å². The van der Waals surface area contributed by atoms with Gasteiger partial charge in [0.15, 0.2) is 0 Å². The Hall–Kier alpha value is -2.80. The number of carbonyl (C=O) groups is 1. The zero-order chi connectivity index (χ0) is 17.5. The molecule has 0 fully saturated rings. The minimum Gasteiger partial charge on any atom is -0.378 e. The zero-order valence-corrected chi connectivity index (χ0v) is 14.4. The third-order valence-electron chi connectivity index (χ3n) is 4.03. The lowest BCUT2D eigenvalue weighted by Gasteiger charge is -2.22. The molecule has 0 saturated heterocycles. The summed E-state index contributed by atoms with van der Waals surface area (Å²) in [5.74, 6) is -0.474. The maximum Gasteiger partial charge on any atom is 0.228 e. The van der Waals surface area contributed by atoms with Crippen LogP contribution in [-0.4, -0.2) is 26.5 Å². The third-order valence-corrected chi connectivity index (χ3v) is 4.03. The van der Waals surface area contributed by atoms with Gasteiger partial charge in [-0.05, 0) is 36.8 Å². The summed E-state index contributed by atoms with van der Waals surface area (Å²) in [4.78, 5) is 16.4. The number of nitriles is 1. The van der Waals surface area contributed by atoms with Crippen LogP contribution >= 0.6 is 0 Å². The molecule has 0 aromatic heterocycles. The monoisotopic (exact) mass is 321 g/mol. The zero-order valence-electron chi connectivity index (χ0n) is 14.4. The molecule has 0 aliphatic rings. The summed E-state index contributed by atoms with van der Waals surface area (Å²) < 4.78 is 0. The van der Waals surface area contributed by atoms with E-state index in [-0.39, 0.29) is 12.3 Å². The Balaban J connectivity index is 2.14. The van der Waals surface area contributed by atoms with Crippen LogP contribution in [-0.2, 0) is 4.79 Å². The molecule has 0 N–H and O–H groups in total. The van der Waals surface area contributed by atoms with Crippen LogP contribution in [0.2, 0.25) is 0 Å². The summed E-state index contributed by atoms with van der Waals surface area (Å²) in [6, 6.07) is 19.6. The number of para-hydroxylation sites is 1. The van der Waals surface area contributed by atoms with Crippen LogP contribution in [0.1, 0.15) is 24.8 Å². The topological polar surface area (TPSA) is 47.3 Å². The van der Waals surface area contributed by atoms with Crippen LogP contribution in [0.25, 0.3) is 0 Å². The average Bonchev–Trinajstić information content (AvgIpc) is 2.61. The highest BCUT2D eigenvalue weighted by Crippen LogP contribution is 2.24. The normalized spacial score (nSPS) is 11.4. The van der Waals surface area contributed by atoms with Gasteiger partial charge in [-0.1, -0.05) is 30.3 Å². The van der Waals surface area contributed by atoms with Gasteiger partial charge >= 0.3 is 0 Å². The van der Waals surface area contributed by atoms with E-state index in [1.54, 1.807) is 4.90 Å². The van der Waals surface area contributed by atoms with Crippen LogP contribution in [0.15, 0.2) is 54.6 Å². The van der Waals surface area contributed by atoms with Gasteiger partial charge in [0.25, 0.3) is 0 Å². The molecule has 0 bridgehead atoms. The maximum atomic E-state index is 12.7. The molecule has 124 valence electrons. The molecule has 4 heteroatoms. The molecule has 0 spiro atoms. The smallest absolute Gasteiger partial charge is 0.228 e. The Morgan fingerprint density at radius 1 is 1.04 bits per heavy atom. The summed E-state index contributed by atoms with van der Waals surface area (Å²) in [6.07, 6.45) is 0.181. The molecular formula is C20H23N3O. The highest BCUT2D eigenvalue weighted by Gasteiger charge is 2.20. The first-order chi connectivity index (χ1) is 11.6. The Morgan fingerprint density at radius 3 is 2.17 bits per heavy atom. The number of hydrogen-bond donors (Lipinski definition) is 0. The molecular weight excluding hydrogens is 298 g/mol. The van der Waals surface area contributed by atoms with Crippen molar-refractivity contribution in [1.29, 1.82) is 5.26 Å². The number of anilines is 2. The minimum atomic E-state index is -0.438. The van der Waals surface area contributed by atoms with Crippen molar-refractivity contribution in [2.75, 3.05) is 30.4 Å². The van der Waals surface area contributed by atoms with Crippen LogP contribution < -0.4 is 9.80 Å². The predicted octanol–water partition coefficient (Wildman–Crippen LogP) is 3.80. The fourth-order valence-corrected chi connectivity index (χ4v) is 2.64. The molecule has 1 unspecified atom stereocenters. The lowest BCUT2D eigenvalue weighted by atomic mass is 9.96. The molecule has 2 rings (SSSR count). The second-order valence-electron chi connectivity index (χ2n) is 5.85. The highest BCUT2D eigenvalue weighted by molar-refractivity contribution is 5.94. The molecule has 1 amide bonds. The first-order valence-corrected chi connectivity index (χ1v) is 8.09. The largest absolute Gasteiger partial charge is 0.378 e. The number of amides is 1. The first kappa shape index (κ1) is 17.6. The van der Waals surface area contributed by atoms with E-state index in [0.717, 1.165) is 16.9 Å². The van der Waals surface area contributed by atoms with Gasteiger partial charge in [0, 0.05) is 38.4 Å². The molecule has 24 heavy (non-hydrogen) atoms. The Labute approximate surface area is 143 Å². The summed E-state index contributed by atoms with van der Waals surface area (Å²) in [6.45, 7) is 2.53. The summed E-state index contributed by atoms with van der Waals surface area (Å²) in [5, 5.41) is 9.50. The summed E-state index contributed by atoms with van der Waals surface area (Å²) >= 11 is 0. The average molecular weight is 321 g/mol. The molecule has 0 radical (unpaired) electrons. The number of benzene rings is 2. The standard InChI is InChI=1S/C20H23N3O/c1-4-23(19-8-6-5-7-9-19)20(24)14-17(15-21)16-10-12-18(13-11-16)22(2)3/h5-13,17H,4,14H2,1-3H3. The van der Waals surface area contributed by atoms with Crippen molar-refractivity contribution >= 4 is 17.3 Å². The minimum absolute atomic E-state index is 0.0352. The van der Waals surface area contributed by atoms with Crippen molar-refractivity contribution < 1.29 is 4.79 Å². The van der Waals surface area contributed by atoms with Gasteiger partial charge in [-0.3, -0.25) is 4.79 Å². The molecule has 1 atom stereocenters. The molecule has 0 aliphatic carbocycles. The van der Waals surface area contributed by atoms with Gasteiger partial charge in [-0.25, -0.2) is 0 Å². The fourth-order valence-electron chi connectivity index (χ4n) is 2.64. The Morgan fingerprint density at radius 2 is 1.67 bits per heavy atom. The van der Waals surface area contributed by atoms with Gasteiger partial charge in [0.2, 0.25) is 5.91 Å². The van der Waals surface area contributed by atoms with Crippen LogP contribution in [0, 0.1) is 11.3 Å². The van der Waals surface area contributed by atoms with Crippen LogP contribution in [0.3, 0.4) is 0 Å². The molecule has 0 saturated carbocycles. The number of carbonyl (C=O) groups excluding carboxylic acids is 1. The molecule has 2 aromatic rings. The molecule has 0 aliphatic heterocycles. The van der Waals surface area contributed by atoms with Gasteiger partial charge in [0.1, 0.15) is 0 Å². The van der Waals surface area contributed by atoms with E-state index in [1.807, 2.05) is 80.5 Å². The van der Waals surface area contributed by atoms with E-state index in [1.165, 1.54) is 0 Å². The molecule has 4 nitrogen and oxygen atoms in total. The third kappa shape index (κ3) is 4.14. The highest BCUT2D eigenvalue weighted by atomic mass is 16.2. The quantitative estimate of drug-likeness (QED) is 0.813. The second kappa shape index (κ2) is 8.16. The van der Waals surface area contributed by atoms with E-state index in [4.69, 9.17) is 0 Å². The van der Waals surface area contributed by atoms with Crippen molar-refractivity contribution in [3.63, 3.8) is 0 Å². The van der Waals surface area contributed by atoms with E-state index in [9.17, 15) is 10.1 Å². The van der Waals surface area contributed by atoms with E-state index < -0.39 is 5.92 Å². The van der Waals surface area contributed by atoms with Gasteiger partial charge in [0.05, 0.1) is 12.0 Å². The van der Waals surface area contributed by atoms with Gasteiger partial charge in [-0.15, -0.1) is 0 Å². The molecule has 0 heterocycles. The lowest BCUT2D eigenvalue weighted by Crippen LogP contribution is -2.31. The summed E-state index contributed by atoms with van der Waals surface area (Å²) in [7, 11) is 3.94.